The third kappa shape index (κ3) is 4.22. The van der Waals surface area contributed by atoms with Crippen LogP contribution in [0, 0.1) is 18.8 Å². The average Bonchev–Trinajstić information content (AvgIpc) is 3.09. The van der Waals surface area contributed by atoms with E-state index in [0.717, 1.165) is 42.3 Å². The van der Waals surface area contributed by atoms with Gasteiger partial charge in [0.1, 0.15) is 5.82 Å². The fourth-order valence-electron chi connectivity index (χ4n) is 3.96. The highest BCUT2D eigenvalue weighted by Crippen LogP contribution is 2.24. The van der Waals surface area contributed by atoms with Crippen LogP contribution in [0.5, 0.6) is 0 Å². The van der Waals surface area contributed by atoms with Crippen molar-refractivity contribution >= 4 is 0 Å². The van der Waals surface area contributed by atoms with E-state index in [1.807, 2.05) is 37.3 Å². The molecule has 3 heterocycles. The van der Waals surface area contributed by atoms with E-state index in [1.54, 1.807) is 6.20 Å². The van der Waals surface area contributed by atoms with Crippen LogP contribution < -0.4 is 0 Å². The monoisotopic (exact) mass is 363 g/mol. The molecule has 0 radical (unpaired) electrons. The molecule has 1 saturated heterocycles. The molecule has 0 amide bonds. The Balaban J connectivity index is 1.47. The smallest absolute Gasteiger partial charge is 0.241 e. The van der Waals surface area contributed by atoms with Crippen molar-refractivity contribution in [3.8, 4) is 22.6 Å². The summed E-state index contributed by atoms with van der Waals surface area (Å²) in [5.41, 5.74) is 2.90. The fraction of sp³-hybridized carbons (Fsp3) is 0.429. The van der Waals surface area contributed by atoms with Crippen LogP contribution in [-0.4, -0.2) is 38.1 Å². The Labute approximate surface area is 159 Å². The number of benzene rings is 1. The van der Waals surface area contributed by atoms with Crippen LogP contribution in [0.1, 0.15) is 32.0 Å². The number of rotatable bonds is 4. The molecule has 2 atom stereocenters. The Bertz CT molecular complexity index is 895. The first-order chi connectivity index (χ1) is 13.1. The zero-order chi connectivity index (χ0) is 18.8. The molecule has 0 N–H and O–H groups in total. The quantitative estimate of drug-likeness (QED) is 0.698. The summed E-state index contributed by atoms with van der Waals surface area (Å²) in [6.07, 6.45) is 3.07. The first kappa shape index (κ1) is 17.8. The summed E-state index contributed by atoms with van der Waals surface area (Å²) < 4.78 is 5.50. The maximum atomic E-state index is 5.50. The van der Waals surface area contributed by atoms with Gasteiger partial charge in [0.15, 0.2) is 0 Å². The maximum Gasteiger partial charge on any atom is 0.241 e. The molecule has 1 aliphatic rings. The molecule has 1 aromatic carbocycles. The van der Waals surface area contributed by atoms with Crippen LogP contribution >= 0.6 is 0 Å². The van der Waals surface area contributed by atoms with E-state index in [2.05, 4.69) is 38.9 Å². The van der Waals surface area contributed by atoms with E-state index >= 15 is 0 Å². The second-order valence-electron chi connectivity index (χ2n) is 7.72. The Morgan fingerprint density at radius 2 is 1.70 bits per heavy atom. The van der Waals surface area contributed by atoms with E-state index in [1.165, 1.54) is 6.42 Å². The lowest BCUT2D eigenvalue weighted by molar-refractivity contribution is 0.121. The number of likely N-dealkylation sites (tertiary alicyclic amines) is 1. The molecule has 0 unspecified atom stereocenters. The minimum absolute atomic E-state index is 0.633. The second kappa shape index (κ2) is 7.56. The molecule has 140 valence electrons. The van der Waals surface area contributed by atoms with Gasteiger partial charge in [0.25, 0.3) is 0 Å². The molecule has 6 nitrogen and oxygen atoms in total. The van der Waals surface area contributed by atoms with Gasteiger partial charge in [0.05, 0.1) is 12.2 Å². The fourth-order valence-corrected chi connectivity index (χ4v) is 3.96. The molecule has 4 rings (SSSR count). The standard InChI is InChI=1S/C21H25N5O/c1-14-10-15(2)12-26(11-14)13-20-24-21(25-27-20)18-6-4-17(5-7-18)19-8-9-22-16(3)23-19/h4-9,14-15H,10-13H2,1-3H3/t14-,15-/m1/s1. The molecule has 2 aromatic heterocycles. The Hall–Kier alpha value is -2.60. The number of aromatic nitrogens is 4. The average molecular weight is 363 g/mol. The first-order valence-electron chi connectivity index (χ1n) is 9.52. The summed E-state index contributed by atoms with van der Waals surface area (Å²) in [7, 11) is 0. The topological polar surface area (TPSA) is 67.9 Å². The highest BCUT2D eigenvalue weighted by atomic mass is 16.5. The van der Waals surface area contributed by atoms with Crippen molar-refractivity contribution in [1.29, 1.82) is 0 Å². The summed E-state index contributed by atoms with van der Waals surface area (Å²) in [6, 6.07) is 9.98. The molecule has 0 aliphatic carbocycles. The minimum atomic E-state index is 0.633. The van der Waals surface area contributed by atoms with E-state index in [9.17, 15) is 0 Å². The van der Waals surface area contributed by atoms with Crippen LogP contribution in [0.3, 0.4) is 0 Å². The molecule has 0 bridgehead atoms. The van der Waals surface area contributed by atoms with E-state index in [-0.39, 0.29) is 0 Å². The Kier molecular flexibility index (Phi) is 4.99. The number of piperidine rings is 1. The molecule has 1 aliphatic heterocycles. The van der Waals surface area contributed by atoms with Crippen molar-refractivity contribution < 1.29 is 4.52 Å². The minimum Gasteiger partial charge on any atom is -0.338 e. The van der Waals surface area contributed by atoms with Gasteiger partial charge in [-0.1, -0.05) is 43.3 Å². The van der Waals surface area contributed by atoms with Crippen LogP contribution in [0.15, 0.2) is 41.1 Å². The van der Waals surface area contributed by atoms with Gasteiger partial charge in [-0.25, -0.2) is 9.97 Å². The molecular formula is C21H25N5O. The van der Waals surface area contributed by atoms with Crippen LogP contribution in [0.4, 0.5) is 0 Å². The Morgan fingerprint density at radius 3 is 2.41 bits per heavy atom. The van der Waals surface area contributed by atoms with Gasteiger partial charge in [0, 0.05) is 30.4 Å². The number of hydrogen-bond donors (Lipinski definition) is 0. The number of nitrogens with zero attached hydrogens (tertiary/aromatic N) is 5. The predicted molar refractivity (Wildman–Crippen MR) is 104 cm³/mol. The molecule has 27 heavy (non-hydrogen) atoms. The third-order valence-electron chi connectivity index (χ3n) is 4.99. The highest BCUT2D eigenvalue weighted by Gasteiger charge is 2.23. The summed E-state index contributed by atoms with van der Waals surface area (Å²) in [4.78, 5) is 15.6. The summed E-state index contributed by atoms with van der Waals surface area (Å²) in [6.45, 7) is 9.41. The van der Waals surface area contributed by atoms with Gasteiger partial charge >= 0.3 is 0 Å². The molecule has 6 heteroatoms. The third-order valence-corrected chi connectivity index (χ3v) is 4.99. The Morgan fingerprint density at radius 1 is 1.00 bits per heavy atom. The van der Waals surface area contributed by atoms with Gasteiger partial charge < -0.3 is 4.52 Å². The van der Waals surface area contributed by atoms with E-state index in [4.69, 9.17) is 4.52 Å². The van der Waals surface area contributed by atoms with Crippen molar-refractivity contribution in [2.75, 3.05) is 13.1 Å². The SMILES string of the molecule is Cc1nccc(-c2ccc(-c3noc(CN4C[C@H](C)C[C@@H](C)C4)n3)cc2)n1. The summed E-state index contributed by atoms with van der Waals surface area (Å²) >= 11 is 0. The first-order valence-corrected chi connectivity index (χ1v) is 9.52. The molecule has 1 fully saturated rings. The van der Waals surface area contributed by atoms with Gasteiger partial charge in [-0.3, -0.25) is 4.90 Å². The maximum absolute atomic E-state index is 5.50. The zero-order valence-electron chi connectivity index (χ0n) is 16.1. The van der Waals surface area contributed by atoms with Gasteiger partial charge in [-0.15, -0.1) is 0 Å². The highest BCUT2D eigenvalue weighted by molar-refractivity contribution is 5.64. The van der Waals surface area contributed by atoms with Crippen molar-refractivity contribution in [2.45, 2.75) is 33.7 Å². The van der Waals surface area contributed by atoms with E-state index < -0.39 is 0 Å². The van der Waals surface area contributed by atoms with E-state index in [0.29, 0.717) is 23.6 Å². The molecule has 0 saturated carbocycles. The number of hydrogen-bond acceptors (Lipinski definition) is 6. The lowest BCUT2D eigenvalue weighted by atomic mass is 9.92. The molecule has 3 aromatic rings. The summed E-state index contributed by atoms with van der Waals surface area (Å²) in [5, 5.41) is 4.17. The normalized spacial score (nSPS) is 20.7. The van der Waals surface area contributed by atoms with Gasteiger partial charge in [-0.05, 0) is 31.2 Å². The van der Waals surface area contributed by atoms with Crippen molar-refractivity contribution in [3.63, 3.8) is 0 Å². The summed E-state index contributed by atoms with van der Waals surface area (Å²) in [5.74, 6) is 3.51. The van der Waals surface area contributed by atoms with Crippen LogP contribution in [0.2, 0.25) is 0 Å². The molecular weight excluding hydrogens is 338 g/mol. The lowest BCUT2D eigenvalue weighted by Gasteiger charge is -2.33. The molecule has 0 spiro atoms. The second-order valence-corrected chi connectivity index (χ2v) is 7.72. The predicted octanol–water partition coefficient (Wildman–Crippen LogP) is 3.98. The van der Waals surface area contributed by atoms with Crippen molar-refractivity contribution in [3.05, 3.63) is 48.2 Å². The zero-order valence-corrected chi connectivity index (χ0v) is 16.1. The van der Waals surface area contributed by atoms with Gasteiger partial charge in [0.2, 0.25) is 11.7 Å². The van der Waals surface area contributed by atoms with Crippen molar-refractivity contribution in [1.82, 2.24) is 25.0 Å². The number of aryl methyl sites for hydroxylation is 1. The van der Waals surface area contributed by atoms with Gasteiger partial charge in [-0.2, -0.15) is 4.98 Å². The van der Waals surface area contributed by atoms with Crippen molar-refractivity contribution in [2.24, 2.45) is 11.8 Å². The largest absolute Gasteiger partial charge is 0.338 e. The van der Waals surface area contributed by atoms with Crippen LogP contribution in [0.25, 0.3) is 22.6 Å². The van der Waals surface area contributed by atoms with Crippen LogP contribution in [-0.2, 0) is 6.54 Å². The lowest BCUT2D eigenvalue weighted by Crippen LogP contribution is -2.38.